The Kier molecular flexibility index (Phi) is 4.56. The molecule has 1 aromatic carbocycles. The molecule has 1 aromatic rings. The van der Waals surface area contributed by atoms with E-state index in [0.717, 1.165) is 31.2 Å². The van der Waals surface area contributed by atoms with Gasteiger partial charge in [-0.2, -0.15) is 0 Å². The highest BCUT2D eigenvalue weighted by molar-refractivity contribution is 5.92. The van der Waals surface area contributed by atoms with Gasteiger partial charge in [0.1, 0.15) is 0 Å². The summed E-state index contributed by atoms with van der Waals surface area (Å²) in [4.78, 5) is 22.9. The maximum Gasteiger partial charge on any atom is 0.305 e. The summed E-state index contributed by atoms with van der Waals surface area (Å²) in [5.74, 6) is -1.09. The predicted octanol–water partition coefficient (Wildman–Crippen LogP) is 2.60. The lowest BCUT2D eigenvalue weighted by atomic mass is 9.93. The monoisotopic (exact) mass is 273 g/mol. The van der Waals surface area contributed by atoms with Crippen molar-refractivity contribution in [3.63, 3.8) is 0 Å². The molecular formula is C16H19NO3. The minimum absolute atomic E-state index is 0.00207. The summed E-state index contributed by atoms with van der Waals surface area (Å²) >= 11 is 0. The first-order valence-electron chi connectivity index (χ1n) is 6.87. The predicted molar refractivity (Wildman–Crippen MR) is 77.1 cm³/mol. The number of aliphatic carboxylic acids is 1. The smallest absolute Gasteiger partial charge is 0.305 e. The minimum Gasteiger partial charge on any atom is -0.481 e. The van der Waals surface area contributed by atoms with E-state index in [9.17, 15) is 9.59 Å². The molecule has 1 saturated carbocycles. The highest BCUT2D eigenvalue weighted by atomic mass is 16.4. The minimum atomic E-state index is -0.862. The first kappa shape index (κ1) is 14.3. The van der Waals surface area contributed by atoms with Crippen LogP contribution in [0.3, 0.4) is 0 Å². The largest absolute Gasteiger partial charge is 0.481 e. The van der Waals surface area contributed by atoms with E-state index in [-0.39, 0.29) is 12.3 Å². The molecule has 4 nitrogen and oxygen atoms in total. The Balaban J connectivity index is 1.99. The number of carboxylic acid groups (broad SMARTS) is 1. The highest BCUT2D eigenvalue weighted by Gasteiger charge is 2.36. The van der Waals surface area contributed by atoms with E-state index in [1.165, 1.54) is 6.08 Å². The van der Waals surface area contributed by atoms with E-state index >= 15 is 0 Å². The topological polar surface area (TPSA) is 66.4 Å². The Morgan fingerprint density at radius 3 is 2.45 bits per heavy atom. The molecule has 1 fully saturated rings. The second-order valence-electron chi connectivity index (χ2n) is 5.29. The van der Waals surface area contributed by atoms with Gasteiger partial charge in [-0.05, 0) is 24.5 Å². The summed E-state index contributed by atoms with van der Waals surface area (Å²) in [6.45, 7) is 0. The number of carbonyl (C=O) groups excluding carboxylic acids is 1. The van der Waals surface area contributed by atoms with E-state index < -0.39 is 11.5 Å². The van der Waals surface area contributed by atoms with Gasteiger partial charge >= 0.3 is 5.97 Å². The van der Waals surface area contributed by atoms with Crippen LogP contribution in [-0.2, 0) is 9.59 Å². The maximum absolute atomic E-state index is 12.0. The molecule has 0 heterocycles. The number of benzene rings is 1. The number of amides is 1. The van der Waals surface area contributed by atoms with Crippen LogP contribution in [-0.4, -0.2) is 22.5 Å². The summed E-state index contributed by atoms with van der Waals surface area (Å²) in [5.41, 5.74) is 0.380. The van der Waals surface area contributed by atoms with E-state index in [1.54, 1.807) is 6.08 Å². The van der Waals surface area contributed by atoms with Gasteiger partial charge in [-0.3, -0.25) is 9.59 Å². The summed E-state index contributed by atoms with van der Waals surface area (Å²) in [7, 11) is 0. The highest BCUT2D eigenvalue weighted by Crippen LogP contribution is 2.32. The Labute approximate surface area is 118 Å². The molecule has 1 aliphatic rings. The van der Waals surface area contributed by atoms with E-state index in [0.29, 0.717) is 0 Å². The number of carbonyl (C=O) groups is 2. The fourth-order valence-corrected chi connectivity index (χ4v) is 2.73. The second kappa shape index (κ2) is 6.37. The van der Waals surface area contributed by atoms with Gasteiger partial charge in [0.2, 0.25) is 5.91 Å². The van der Waals surface area contributed by atoms with Crippen LogP contribution >= 0.6 is 0 Å². The van der Waals surface area contributed by atoms with Crippen molar-refractivity contribution in [3.8, 4) is 0 Å². The summed E-state index contributed by atoms with van der Waals surface area (Å²) in [6, 6.07) is 9.54. The third-order valence-electron chi connectivity index (χ3n) is 3.67. The van der Waals surface area contributed by atoms with Gasteiger partial charge in [-0.15, -0.1) is 0 Å². The van der Waals surface area contributed by atoms with Crippen LogP contribution in [0.25, 0.3) is 6.08 Å². The van der Waals surface area contributed by atoms with Gasteiger partial charge in [-0.25, -0.2) is 0 Å². The molecule has 0 atom stereocenters. The lowest BCUT2D eigenvalue weighted by Gasteiger charge is -2.28. The van der Waals surface area contributed by atoms with Gasteiger partial charge in [0, 0.05) is 6.08 Å². The zero-order valence-corrected chi connectivity index (χ0v) is 11.3. The van der Waals surface area contributed by atoms with Gasteiger partial charge in [-0.1, -0.05) is 43.2 Å². The maximum atomic E-state index is 12.0. The number of nitrogens with one attached hydrogen (secondary N) is 1. The fraction of sp³-hybridized carbons (Fsp3) is 0.375. The van der Waals surface area contributed by atoms with Crippen LogP contribution in [0.15, 0.2) is 36.4 Å². The third-order valence-corrected chi connectivity index (χ3v) is 3.67. The standard InChI is InChI=1S/C16H19NO3/c18-14(9-8-13-6-2-1-3-7-13)17-16(12-15(19)20)10-4-5-11-16/h1-3,6-9H,4-5,10-12H2,(H,17,18)(H,19,20). The van der Waals surface area contributed by atoms with E-state index in [1.807, 2.05) is 30.3 Å². The molecule has 4 heteroatoms. The Morgan fingerprint density at radius 1 is 1.20 bits per heavy atom. The molecule has 0 radical (unpaired) electrons. The summed E-state index contributed by atoms with van der Waals surface area (Å²) in [6.07, 6.45) is 6.62. The summed E-state index contributed by atoms with van der Waals surface area (Å²) in [5, 5.41) is 11.9. The first-order valence-corrected chi connectivity index (χ1v) is 6.87. The third kappa shape index (κ3) is 3.95. The Bertz CT molecular complexity index is 502. The fourth-order valence-electron chi connectivity index (χ4n) is 2.73. The Morgan fingerprint density at radius 2 is 1.85 bits per heavy atom. The number of rotatable bonds is 5. The lowest BCUT2D eigenvalue weighted by molar-refractivity contribution is -0.139. The SMILES string of the molecule is O=C(O)CC1(NC(=O)C=Cc2ccccc2)CCCC1. The van der Waals surface area contributed by atoms with Crippen molar-refractivity contribution in [2.75, 3.05) is 0 Å². The average molecular weight is 273 g/mol. The van der Waals surface area contributed by atoms with Gasteiger partial charge < -0.3 is 10.4 Å². The molecule has 1 aliphatic carbocycles. The number of carboxylic acids is 1. The van der Waals surface area contributed by atoms with Crippen molar-refractivity contribution in [2.45, 2.75) is 37.6 Å². The van der Waals surface area contributed by atoms with Crippen LogP contribution in [0.2, 0.25) is 0 Å². The van der Waals surface area contributed by atoms with Crippen molar-refractivity contribution in [1.29, 1.82) is 0 Å². The lowest BCUT2D eigenvalue weighted by Crippen LogP contribution is -2.47. The molecule has 0 unspecified atom stereocenters. The molecule has 20 heavy (non-hydrogen) atoms. The molecule has 0 aromatic heterocycles. The van der Waals surface area contributed by atoms with Crippen molar-refractivity contribution < 1.29 is 14.7 Å². The molecule has 0 aliphatic heterocycles. The van der Waals surface area contributed by atoms with Crippen molar-refractivity contribution in [1.82, 2.24) is 5.32 Å². The van der Waals surface area contributed by atoms with Crippen molar-refractivity contribution in [2.24, 2.45) is 0 Å². The van der Waals surface area contributed by atoms with Crippen LogP contribution in [0.4, 0.5) is 0 Å². The van der Waals surface area contributed by atoms with Gasteiger partial charge in [0.15, 0.2) is 0 Å². The first-order chi connectivity index (χ1) is 9.60. The van der Waals surface area contributed by atoms with Crippen LogP contribution < -0.4 is 5.32 Å². The second-order valence-corrected chi connectivity index (χ2v) is 5.29. The average Bonchev–Trinajstić information content (AvgIpc) is 2.85. The van der Waals surface area contributed by atoms with Crippen molar-refractivity contribution >= 4 is 18.0 Å². The van der Waals surface area contributed by atoms with Crippen LogP contribution in [0.5, 0.6) is 0 Å². The number of hydrogen-bond donors (Lipinski definition) is 2. The molecule has 2 N–H and O–H groups in total. The normalized spacial score (nSPS) is 17.2. The molecule has 0 saturated heterocycles. The molecule has 106 valence electrons. The Hall–Kier alpha value is -2.10. The van der Waals surface area contributed by atoms with Gasteiger partial charge in [0.05, 0.1) is 12.0 Å². The van der Waals surface area contributed by atoms with Crippen LogP contribution in [0.1, 0.15) is 37.7 Å². The molecule has 0 spiro atoms. The molecule has 2 rings (SSSR count). The molecule has 0 bridgehead atoms. The molecular weight excluding hydrogens is 254 g/mol. The number of hydrogen-bond acceptors (Lipinski definition) is 2. The molecule has 1 amide bonds. The zero-order valence-electron chi connectivity index (χ0n) is 11.3. The van der Waals surface area contributed by atoms with Gasteiger partial charge in [0.25, 0.3) is 0 Å². The summed E-state index contributed by atoms with van der Waals surface area (Å²) < 4.78 is 0. The van der Waals surface area contributed by atoms with E-state index in [2.05, 4.69) is 5.32 Å². The van der Waals surface area contributed by atoms with Crippen molar-refractivity contribution in [3.05, 3.63) is 42.0 Å². The van der Waals surface area contributed by atoms with E-state index in [4.69, 9.17) is 5.11 Å². The zero-order chi connectivity index (χ0) is 14.4. The quantitative estimate of drug-likeness (QED) is 0.810. The van der Waals surface area contributed by atoms with Crippen LogP contribution in [0, 0.1) is 0 Å².